The maximum absolute atomic E-state index is 5.79. The second kappa shape index (κ2) is 4.97. The van der Waals surface area contributed by atoms with Gasteiger partial charge in [-0.25, -0.2) is 0 Å². The molecular formula is C14H14N4O. The third kappa shape index (κ3) is 2.49. The van der Waals surface area contributed by atoms with Crippen LogP contribution in [0.15, 0.2) is 48.9 Å². The molecule has 1 aromatic carbocycles. The van der Waals surface area contributed by atoms with Gasteiger partial charge in [-0.05, 0) is 24.3 Å². The van der Waals surface area contributed by atoms with Gasteiger partial charge in [0.25, 0.3) is 0 Å². The van der Waals surface area contributed by atoms with Crippen LogP contribution < -0.4 is 10.5 Å². The molecule has 0 saturated heterocycles. The average Bonchev–Trinajstić information content (AvgIpc) is 2.85. The quantitative estimate of drug-likeness (QED) is 0.774. The molecule has 0 amide bonds. The van der Waals surface area contributed by atoms with E-state index < -0.39 is 0 Å². The minimum atomic E-state index is 0.537. The van der Waals surface area contributed by atoms with Crippen molar-refractivity contribution in [2.24, 2.45) is 0 Å². The SMILES string of the molecule is Nc1cnn(CCOc2cccc3ncccc23)c1. The molecule has 0 saturated carbocycles. The number of nitrogens with two attached hydrogens (primary N) is 1. The van der Waals surface area contributed by atoms with E-state index in [2.05, 4.69) is 10.1 Å². The van der Waals surface area contributed by atoms with Crippen LogP contribution in [0.5, 0.6) is 5.75 Å². The lowest BCUT2D eigenvalue weighted by Crippen LogP contribution is -2.08. The van der Waals surface area contributed by atoms with E-state index in [-0.39, 0.29) is 0 Å². The molecule has 2 N–H and O–H groups in total. The highest BCUT2D eigenvalue weighted by molar-refractivity contribution is 5.84. The van der Waals surface area contributed by atoms with Crippen LogP contribution in [-0.4, -0.2) is 21.4 Å². The Kier molecular flexibility index (Phi) is 3.02. The smallest absolute Gasteiger partial charge is 0.128 e. The van der Waals surface area contributed by atoms with Crippen molar-refractivity contribution in [3.05, 3.63) is 48.9 Å². The Bertz CT molecular complexity index is 687. The molecule has 2 aromatic heterocycles. The number of benzene rings is 1. The van der Waals surface area contributed by atoms with Crippen LogP contribution in [0.1, 0.15) is 0 Å². The van der Waals surface area contributed by atoms with Crippen molar-refractivity contribution >= 4 is 16.6 Å². The molecule has 0 radical (unpaired) electrons. The summed E-state index contributed by atoms with van der Waals surface area (Å²) >= 11 is 0. The molecule has 0 fully saturated rings. The van der Waals surface area contributed by atoms with Gasteiger partial charge in [0, 0.05) is 17.8 Å². The van der Waals surface area contributed by atoms with Crippen molar-refractivity contribution < 1.29 is 4.74 Å². The van der Waals surface area contributed by atoms with Gasteiger partial charge in [0.2, 0.25) is 0 Å². The summed E-state index contributed by atoms with van der Waals surface area (Å²) in [6.45, 7) is 1.20. The number of fused-ring (bicyclic) bond motifs is 1. The number of nitrogens with zero attached hydrogens (tertiary/aromatic N) is 3. The van der Waals surface area contributed by atoms with E-state index in [9.17, 15) is 0 Å². The fraction of sp³-hybridized carbons (Fsp3) is 0.143. The molecule has 0 atom stereocenters. The molecule has 0 spiro atoms. The first-order valence-corrected chi connectivity index (χ1v) is 6.07. The topological polar surface area (TPSA) is 66.0 Å². The lowest BCUT2D eigenvalue weighted by molar-refractivity contribution is 0.294. The summed E-state index contributed by atoms with van der Waals surface area (Å²) in [5.74, 6) is 0.839. The summed E-state index contributed by atoms with van der Waals surface area (Å²) in [5, 5.41) is 5.13. The van der Waals surface area contributed by atoms with Crippen molar-refractivity contribution in [1.82, 2.24) is 14.8 Å². The minimum absolute atomic E-state index is 0.537. The van der Waals surface area contributed by atoms with Crippen LogP contribution in [0, 0.1) is 0 Å². The average molecular weight is 254 g/mol. The van der Waals surface area contributed by atoms with Gasteiger partial charge in [-0.1, -0.05) is 6.07 Å². The first-order chi connectivity index (χ1) is 9.33. The molecule has 5 nitrogen and oxygen atoms in total. The zero-order valence-corrected chi connectivity index (χ0v) is 10.4. The van der Waals surface area contributed by atoms with E-state index in [1.165, 1.54) is 0 Å². The Morgan fingerprint density at radius 1 is 1.21 bits per heavy atom. The molecule has 96 valence electrons. The monoisotopic (exact) mass is 254 g/mol. The van der Waals surface area contributed by atoms with Gasteiger partial charge in [0.1, 0.15) is 12.4 Å². The zero-order chi connectivity index (χ0) is 13.1. The summed E-state index contributed by atoms with van der Waals surface area (Å²) < 4.78 is 7.55. The molecule has 0 aliphatic rings. The standard InChI is InChI=1S/C14H14N4O/c15-11-9-17-18(10-11)7-8-19-14-5-1-4-13-12(14)3-2-6-16-13/h1-6,9-10H,7-8,15H2. The summed E-state index contributed by atoms with van der Waals surface area (Å²) in [4.78, 5) is 4.30. The van der Waals surface area contributed by atoms with E-state index in [4.69, 9.17) is 10.5 Å². The Labute approximate surface area is 110 Å². The van der Waals surface area contributed by atoms with Crippen molar-refractivity contribution in [1.29, 1.82) is 0 Å². The van der Waals surface area contributed by atoms with Crippen molar-refractivity contribution in [3.63, 3.8) is 0 Å². The van der Waals surface area contributed by atoms with Gasteiger partial charge in [-0.15, -0.1) is 0 Å². The van der Waals surface area contributed by atoms with Crippen LogP contribution in [0.4, 0.5) is 5.69 Å². The molecule has 0 bridgehead atoms. The Morgan fingerprint density at radius 3 is 3.00 bits per heavy atom. The largest absolute Gasteiger partial charge is 0.491 e. The summed E-state index contributed by atoms with van der Waals surface area (Å²) in [5.41, 5.74) is 7.20. The fourth-order valence-corrected chi connectivity index (χ4v) is 1.95. The van der Waals surface area contributed by atoms with Gasteiger partial charge in [-0.3, -0.25) is 9.67 Å². The number of pyridine rings is 1. The van der Waals surface area contributed by atoms with Crippen molar-refractivity contribution in [3.8, 4) is 5.75 Å². The van der Waals surface area contributed by atoms with Gasteiger partial charge in [-0.2, -0.15) is 5.10 Å². The van der Waals surface area contributed by atoms with E-state index in [1.807, 2.05) is 30.3 Å². The van der Waals surface area contributed by atoms with Crippen molar-refractivity contribution in [2.45, 2.75) is 6.54 Å². The molecule has 5 heteroatoms. The summed E-state index contributed by atoms with van der Waals surface area (Å²) in [7, 11) is 0. The lowest BCUT2D eigenvalue weighted by Gasteiger charge is -2.08. The fourth-order valence-electron chi connectivity index (χ4n) is 1.95. The number of rotatable bonds is 4. The van der Waals surface area contributed by atoms with Gasteiger partial charge in [0.05, 0.1) is 23.9 Å². The molecule has 0 unspecified atom stereocenters. The van der Waals surface area contributed by atoms with Gasteiger partial charge < -0.3 is 10.5 Å². The summed E-state index contributed by atoms with van der Waals surface area (Å²) in [6.07, 6.45) is 5.19. The molecule has 3 rings (SSSR count). The number of anilines is 1. The number of hydrogen-bond acceptors (Lipinski definition) is 4. The normalized spacial score (nSPS) is 10.7. The second-order valence-corrected chi connectivity index (χ2v) is 4.21. The van der Waals surface area contributed by atoms with Crippen molar-refractivity contribution in [2.75, 3.05) is 12.3 Å². The number of hydrogen-bond donors (Lipinski definition) is 1. The van der Waals surface area contributed by atoms with E-state index in [0.717, 1.165) is 16.7 Å². The first-order valence-electron chi connectivity index (χ1n) is 6.07. The molecule has 19 heavy (non-hydrogen) atoms. The van der Waals surface area contributed by atoms with E-state index in [1.54, 1.807) is 23.3 Å². The first kappa shape index (κ1) is 11.5. The number of ether oxygens (including phenoxy) is 1. The Morgan fingerprint density at radius 2 is 2.16 bits per heavy atom. The van der Waals surface area contributed by atoms with Gasteiger partial charge in [0.15, 0.2) is 0 Å². The molecule has 0 aliphatic carbocycles. The molecule has 3 aromatic rings. The minimum Gasteiger partial charge on any atom is -0.491 e. The van der Waals surface area contributed by atoms with E-state index in [0.29, 0.717) is 18.8 Å². The predicted molar refractivity (Wildman–Crippen MR) is 73.9 cm³/mol. The molecular weight excluding hydrogens is 240 g/mol. The maximum atomic E-state index is 5.79. The highest BCUT2D eigenvalue weighted by Gasteiger charge is 2.02. The lowest BCUT2D eigenvalue weighted by atomic mass is 10.2. The number of aromatic nitrogens is 3. The highest BCUT2D eigenvalue weighted by Crippen LogP contribution is 2.23. The Hall–Kier alpha value is -2.56. The van der Waals surface area contributed by atoms with Crippen LogP contribution in [-0.2, 0) is 6.54 Å². The predicted octanol–water partition coefficient (Wildman–Crippen LogP) is 2.09. The third-order valence-electron chi connectivity index (χ3n) is 2.84. The third-order valence-corrected chi connectivity index (χ3v) is 2.84. The number of nitrogen functional groups attached to an aromatic ring is 1. The van der Waals surface area contributed by atoms with Crippen LogP contribution in [0.3, 0.4) is 0 Å². The van der Waals surface area contributed by atoms with Crippen LogP contribution in [0.25, 0.3) is 10.9 Å². The molecule has 2 heterocycles. The van der Waals surface area contributed by atoms with E-state index >= 15 is 0 Å². The van der Waals surface area contributed by atoms with Crippen LogP contribution in [0.2, 0.25) is 0 Å². The summed E-state index contributed by atoms with van der Waals surface area (Å²) in [6, 6.07) is 9.77. The van der Waals surface area contributed by atoms with Crippen LogP contribution >= 0.6 is 0 Å². The molecule has 0 aliphatic heterocycles. The highest BCUT2D eigenvalue weighted by atomic mass is 16.5. The van der Waals surface area contributed by atoms with Gasteiger partial charge >= 0.3 is 0 Å². The zero-order valence-electron chi connectivity index (χ0n) is 10.4. The Balaban J connectivity index is 1.71. The second-order valence-electron chi connectivity index (χ2n) is 4.21. The maximum Gasteiger partial charge on any atom is 0.128 e.